The lowest BCUT2D eigenvalue weighted by molar-refractivity contribution is -0.380. The van der Waals surface area contributed by atoms with Gasteiger partial charge < -0.3 is 0 Å². The Kier molecular flexibility index (Phi) is 2.47. The summed E-state index contributed by atoms with van der Waals surface area (Å²) in [4.78, 5) is 10.1. The topological polar surface area (TPSA) is 43.1 Å². The van der Waals surface area contributed by atoms with Gasteiger partial charge >= 0.3 is 5.00 Å². The molecule has 0 aliphatic carbocycles. The zero-order valence-electron chi connectivity index (χ0n) is 6.66. The summed E-state index contributed by atoms with van der Waals surface area (Å²) in [6, 6.07) is 5.08. The van der Waals surface area contributed by atoms with E-state index in [2.05, 4.69) is 15.9 Å². The van der Waals surface area contributed by atoms with Crippen LogP contribution in [-0.2, 0) is 0 Å². The van der Waals surface area contributed by atoms with Crippen molar-refractivity contribution in [1.82, 2.24) is 0 Å². The van der Waals surface area contributed by atoms with Crippen LogP contribution in [0.5, 0.6) is 0 Å². The minimum absolute atomic E-state index is 0.111. The first-order chi connectivity index (χ1) is 6.59. The van der Waals surface area contributed by atoms with Crippen LogP contribution in [0.2, 0.25) is 5.02 Å². The Hall–Kier alpha value is -0.650. The molecule has 0 aliphatic rings. The molecule has 1 aromatic heterocycles. The molecule has 0 radical (unpaired) electrons. The molecule has 0 spiro atoms. The molecule has 0 atom stereocenters. The van der Waals surface area contributed by atoms with E-state index in [1.165, 1.54) is 6.07 Å². The molecule has 0 N–H and O–H groups in total. The molecule has 3 nitrogen and oxygen atoms in total. The number of rotatable bonds is 1. The lowest BCUT2D eigenvalue weighted by Gasteiger charge is -1.94. The Balaban J connectivity index is 2.77. The van der Waals surface area contributed by atoms with Crippen LogP contribution in [0.1, 0.15) is 0 Å². The summed E-state index contributed by atoms with van der Waals surface area (Å²) < 4.78 is 1.57. The van der Waals surface area contributed by atoms with Crippen molar-refractivity contribution in [1.29, 1.82) is 0 Å². The number of fused-ring (bicyclic) bond motifs is 1. The van der Waals surface area contributed by atoms with Crippen LogP contribution in [0.3, 0.4) is 0 Å². The number of nitrogens with zero attached hydrogens (tertiary/aromatic N) is 1. The molecule has 1 heterocycles. The Labute approximate surface area is 96.6 Å². The van der Waals surface area contributed by atoms with Gasteiger partial charge in [-0.15, -0.1) is 0 Å². The third-order valence-electron chi connectivity index (χ3n) is 1.75. The Morgan fingerprint density at radius 2 is 2.21 bits per heavy atom. The third-order valence-corrected chi connectivity index (χ3v) is 4.10. The zero-order valence-corrected chi connectivity index (χ0v) is 9.82. The Bertz CT molecular complexity index is 525. The Morgan fingerprint density at radius 1 is 1.50 bits per heavy atom. The summed E-state index contributed by atoms with van der Waals surface area (Å²) in [5, 5.41) is 11.9. The molecular formula is C8H3BrClNO2S. The van der Waals surface area contributed by atoms with Crippen LogP contribution in [0.4, 0.5) is 5.00 Å². The maximum atomic E-state index is 10.5. The second-order valence-electron chi connectivity index (χ2n) is 2.61. The number of nitro groups is 1. The monoisotopic (exact) mass is 291 g/mol. The van der Waals surface area contributed by atoms with Crippen LogP contribution < -0.4 is 0 Å². The standard InChI is InChI=1S/C8H3BrClNO2S/c9-5-1-2-6-4(8(5)10)3-7(14-6)11(12)13/h1-3H. The minimum Gasteiger partial charge on any atom is -0.258 e. The van der Waals surface area contributed by atoms with Crippen molar-refractivity contribution in [2.45, 2.75) is 0 Å². The summed E-state index contributed by atoms with van der Waals surface area (Å²) in [5.74, 6) is 0. The number of benzene rings is 1. The summed E-state index contributed by atoms with van der Waals surface area (Å²) in [6.45, 7) is 0. The molecule has 2 rings (SSSR count). The van der Waals surface area contributed by atoms with Gasteiger partial charge in [0.2, 0.25) is 0 Å². The largest absolute Gasteiger partial charge is 0.325 e. The second-order valence-corrected chi connectivity index (χ2v) is 4.91. The van der Waals surface area contributed by atoms with Crippen LogP contribution in [0, 0.1) is 10.1 Å². The van der Waals surface area contributed by atoms with Crippen LogP contribution in [-0.4, -0.2) is 4.92 Å². The summed E-state index contributed by atoms with van der Waals surface area (Å²) in [6.07, 6.45) is 0. The third kappa shape index (κ3) is 1.51. The van der Waals surface area contributed by atoms with E-state index in [1.54, 1.807) is 6.07 Å². The van der Waals surface area contributed by atoms with Crippen molar-refractivity contribution in [2.24, 2.45) is 0 Å². The minimum atomic E-state index is -0.408. The van der Waals surface area contributed by atoms with Crippen molar-refractivity contribution in [2.75, 3.05) is 0 Å². The highest BCUT2D eigenvalue weighted by Crippen LogP contribution is 2.38. The molecule has 1 aromatic carbocycles. The van der Waals surface area contributed by atoms with Crippen molar-refractivity contribution in [3.8, 4) is 0 Å². The van der Waals surface area contributed by atoms with E-state index < -0.39 is 4.92 Å². The van der Waals surface area contributed by atoms with Crippen molar-refractivity contribution < 1.29 is 4.92 Å². The molecule has 6 heteroatoms. The van der Waals surface area contributed by atoms with E-state index >= 15 is 0 Å². The van der Waals surface area contributed by atoms with Gasteiger partial charge in [0.1, 0.15) is 0 Å². The zero-order chi connectivity index (χ0) is 10.3. The molecule has 14 heavy (non-hydrogen) atoms. The summed E-state index contributed by atoms with van der Waals surface area (Å²) in [7, 11) is 0. The van der Waals surface area contributed by atoms with E-state index in [-0.39, 0.29) is 5.00 Å². The lowest BCUT2D eigenvalue weighted by atomic mass is 10.3. The molecule has 72 valence electrons. The normalized spacial score (nSPS) is 10.7. The highest BCUT2D eigenvalue weighted by Gasteiger charge is 2.14. The summed E-state index contributed by atoms with van der Waals surface area (Å²) in [5.41, 5.74) is 0. The number of hydrogen-bond donors (Lipinski definition) is 0. The van der Waals surface area contributed by atoms with Crippen LogP contribution >= 0.6 is 38.9 Å². The van der Waals surface area contributed by atoms with Gasteiger partial charge in [-0.1, -0.05) is 22.9 Å². The van der Waals surface area contributed by atoms with Gasteiger partial charge in [0.15, 0.2) is 0 Å². The molecule has 0 aliphatic heterocycles. The quantitative estimate of drug-likeness (QED) is 0.583. The van der Waals surface area contributed by atoms with E-state index in [1.807, 2.05) is 6.07 Å². The molecule has 0 amide bonds. The fourth-order valence-electron chi connectivity index (χ4n) is 1.13. The predicted molar refractivity (Wildman–Crippen MR) is 61.2 cm³/mol. The van der Waals surface area contributed by atoms with Gasteiger partial charge in [0.25, 0.3) is 0 Å². The van der Waals surface area contributed by atoms with Gasteiger partial charge in [-0.05, 0) is 28.1 Å². The average molecular weight is 293 g/mol. The predicted octanol–water partition coefficient (Wildman–Crippen LogP) is 4.23. The number of thiophene rings is 1. The fourth-order valence-corrected chi connectivity index (χ4v) is 2.63. The first-order valence-corrected chi connectivity index (χ1v) is 5.60. The van der Waals surface area contributed by atoms with Gasteiger partial charge in [-0.25, -0.2) is 0 Å². The lowest BCUT2D eigenvalue weighted by Crippen LogP contribution is -1.80. The van der Waals surface area contributed by atoms with E-state index in [9.17, 15) is 10.1 Å². The first-order valence-electron chi connectivity index (χ1n) is 3.61. The first kappa shape index (κ1) is 9.89. The highest BCUT2D eigenvalue weighted by molar-refractivity contribution is 9.10. The second kappa shape index (κ2) is 3.49. The molecule has 0 saturated heterocycles. The maximum absolute atomic E-state index is 10.5. The molecular weight excluding hydrogens is 290 g/mol. The Morgan fingerprint density at radius 3 is 2.86 bits per heavy atom. The van der Waals surface area contributed by atoms with Crippen molar-refractivity contribution >= 4 is 54.0 Å². The maximum Gasteiger partial charge on any atom is 0.325 e. The van der Waals surface area contributed by atoms with Crippen molar-refractivity contribution in [3.05, 3.63) is 37.8 Å². The van der Waals surface area contributed by atoms with E-state index in [4.69, 9.17) is 11.6 Å². The van der Waals surface area contributed by atoms with Gasteiger partial charge in [-0.2, -0.15) is 0 Å². The average Bonchev–Trinajstić information content (AvgIpc) is 2.56. The van der Waals surface area contributed by atoms with Crippen molar-refractivity contribution in [3.63, 3.8) is 0 Å². The van der Waals surface area contributed by atoms with Crippen LogP contribution in [0.15, 0.2) is 22.7 Å². The fraction of sp³-hybridized carbons (Fsp3) is 0. The molecule has 0 bridgehead atoms. The van der Waals surface area contributed by atoms with Gasteiger partial charge in [0, 0.05) is 20.6 Å². The van der Waals surface area contributed by atoms with Gasteiger partial charge in [0.05, 0.1) is 9.95 Å². The highest BCUT2D eigenvalue weighted by atomic mass is 79.9. The SMILES string of the molecule is O=[N+]([O-])c1cc2c(Cl)c(Br)ccc2s1. The number of hydrogen-bond acceptors (Lipinski definition) is 3. The molecule has 0 unspecified atom stereocenters. The van der Waals surface area contributed by atoms with E-state index in [0.717, 1.165) is 25.9 Å². The molecule has 2 aromatic rings. The molecule has 0 fully saturated rings. The molecule has 0 saturated carbocycles. The smallest absolute Gasteiger partial charge is 0.258 e. The van der Waals surface area contributed by atoms with Crippen LogP contribution in [0.25, 0.3) is 10.1 Å². The summed E-state index contributed by atoms with van der Waals surface area (Å²) >= 11 is 10.4. The van der Waals surface area contributed by atoms with Gasteiger partial charge in [-0.3, -0.25) is 10.1 Å². The number of halogens is 2. The van der Waals surface area contributed by atoms with E-state index in [0.29, 0.717) is 5.02 Å².